The Labute approximate surface area is 129 Å². The lowest BCUT2D eigenvalue weighted by atomic mass is 9.82. The lowest BCUT2D eigenvalue weighted by Gasteiger charge is -2.37. The summed E-state index contributed by atoms with van der Waals surface area (Å²) in [6.07, 6.45) is 10.4. The van der Waals surface area contributed by atoms with Crippen LogP contribution in [0.2, 0.25) is 0 Å². The molecule has 1 aliphatic heterocycles. The van der Waals surface area contributed by atoms with Gasteiger partial charge < -0.3 is 15.4 Å². The summed E-state index contributed by atoms with van der Waals surface area (Å²) in [5, 5.41) is 6.56. The number of hydrogen-bond donors (Lipinski definition) is 2. The minimum Gasteiger partial charge on any atom is -0.368 e. The molecule has 0 aromatic rings. The molecule has 0 spiro atoms. The van der Waals surface area contributed by atoms with Gasteiger partial charge in [0.05, 0.1) is 0 Å². The van der Waals surface area contributed by atoms with Crippen molar-refractivity contribution in [3.05, 3.63) is 0 Å². The number of unbranched alkanes of at least 4 members (excludes halogenated alkanes) is 1. The molecular formula is C17H32N2O2. The van der Waals surface area contributed by atoms with Crippen LogP contribution in [0, 0.1) is 5.92 Å². The van der Waals surface area contributed by atoms with Crippen molar-refractivity contribution < 1.29 is 9.53 Å². The molecule has 0 unspecified atom stereocenters. The van der Waals surface area contributed by atoms with Crippen LogP contribution in [0.1, 0.15) is 64.7 Å². The molecule has 1 heterocycles. The van der Waals surface area contributed by atoms with Gasteiger partial charge in [0.1, 0.15) is 5.60 Å². The number of nitrogens with one attached hydrogen (secondary N) is 2. The van der Waals surface area contributed by atoms with Crippen LogP contribution in [-0.2, 0) is 9.53 Å². The van der Waals surface area contributed by atoms with Crippen LogP contribution in [0.25, 0.3) is 0 Å². The first-order chi connectivity index (χ1) is 10.2. The predicted octanol–water partition coefficient (Wildman–Crippen LogP) is 2.62. The van der Waals surface area contributed by atoms with E-state index in [1.54, 1.807) is 7.11 Å². The van der Waals surface area contributed by atoms with Crippen molar-refractivity contribution in [3.63, 3.8) is 0 Å². The molecule has 1 saturated heterocycles. The summed E-state index contributed by atoms with van der Waals surface area (Å²) < 4.78 is 5.60. The maximum absolute atomic E-state index is 12.6. The summed E-state index contributed by atoms with van der Waals surface area (Å²) in [7, 11) is 1.67. The second-order valence-corrected chi connectivity index (χ2v) is 6.78. The summed E-state index contributed by atoms with van der Waals surface area (Å²) in [5.74, 6) is 0.997. The van der Waals surface area contributed by atoms with E-state index in [-0.39, 0.29) is 5.91 Å². The molecule has 4 heteroatoms. The van der Waals surface area contributed by atoms with Gasteiger partial charge in [-0.25, -0.2) is 0 Å². The van der Waals surface area contributed by atoms with Crippen molar-refractivity contribution in [2.24, 2.45) is 5.92 Å². The second kappa shape index (κ2) is 8.14. The molecule has 0 atom stereocenters. The van der Waals surface area contributed by atoms with Crippen LogP contribution in [0.15, 0.2) is 0 Å². The highest BCUT2D eigenvalue weighted by Crippen LogP contribution is 2.29. The average Bonchev–Trinajstić information content (AvgIpc) is 2.54. The molecule has 4 nitrogen and oxygen atoms in total. The first-order valence-electron chi connectivity index (χ1n) is 8.77. The quantitative estimate of drug-likeness (QED) is 0.792. The Morgan fingerprint density at radius 1 is 1.24 bits per heavy atom. The molecule has 1 saturated carbocycles. The molecule has 0 radical (unpaired) electrons. The molecular weight excluding hydrogens is 264 g/mol. The molecule has 21 heavy (non-hydrogen) atoms. The Bertz CT molecular complexity index is 319. The third kappa shape index (κ3) is 4.43. The summed E-state index contributed by atoms with van der Waals surface area (Å²) >= 11 is 0. The van der Waals surface area contributed by atoms with E-state index in [1.165, 1.54) is 32.1 Å². The highest BCUT2D eigenvalue weighted by Gasteiger charge is 2.40. The van der Waals surface area contributed by atoms with Gasteiger partial charge in [-0.05, 0) is 57.5 Å². The molecule has 1 amide bonds. The fourth-order valence-corrected chi connectivity index (χ4v) is 3.76. The normalized spacial score (nSPS) is 29.0. The summed E-state index contributed by atoms with van der Waals surface area (Å²) in [5.41, 5.74) is -0.593. The zero-order valence-corrected chi connectivity index (χ0v) is 13.7. The lowest BCUT2D eigenvalue weighted by Crippen LogP contribution is -2.56. The first kappa shape index (κ1) is 16.8. The molecule has 2 rings (SSSR count). The van der Waals surface area contributed by atoms with E-state index < -0.39 is 5.60 Å². The second-order valence-electron chi connectivity index (χ2n) is 6.78. The SMILES string of the molecule is CCCCC1CCC(NC(=O)C2(OC)CCNCC2)CC1. The maximum atomic E-state index is 12.6. The van der Waals surface area contributed by atoms with Crippen molar-refractivity contribution in [1.29, 1.82) is 0 Å². The van der Waals surface area contributed by atoms with E-state index in [1.807, 2.05) is 0 Å². The fourth-order valence-electron chi connectivity index (χ4n) is 3.76. The van der Waals surface area contributed by atoms with Gasteiger partial charge in [-0.2, -0.15) is 0 Å². The van der Waals surface area contributed by atoms with E-state index in [9.17, 15) is 4.79 Å². The Hall–Kier alpha value is -0.610. The monoisotopic (exact) mass is 296 g/mol. The van der Waals surface area contributed by atoms with Gasteiger partial charge in [-0.3, -0.25) is 4.79 Å². The van der Waals surface area contributed by atoms with Crippen LogP contribution in [0.5, 0.6) is 0 Å². The molecule has 122 valence electrons. The standard InChI is InChI=1S/C17H32N2O2/c1-3-4-5-14-6-8-15(9-7-14)19-16(20)17(21-2)10-12-18-13-11-17/h14-15,18H,3-13H2,1-2H3,(H,19,20). The van der Waals surface area contributed by atoms with E-state index in [0.717, 1.165) is 44.7 Å². The number of carbonyl (C=O) groups is 1. The minimum atomic E-state index is -0.593. The van der Waals surface area contributed by atoms with Crippen LogP contribution >= 0.6 is 0 Å². The van der Waals surface area contributed by atoms with Crippen LogP contribution in [-0.4, -0.2) is 37.7 Å². The maximum Gasteiger partial charge on any atom is 0.252 e. The van der Waals surface area contributed by atoms with E-state index in [4.69, 9.17) is 4.74 Å². The van der Waals surface area contributed by atoms with Gasteiger partial charge in [0.2, 0.25) is 0 Å². The summed E-state index contributed by atoms with van der Waals surface area (Å²) in [4.78, 5) is 12.6. The lowest BCUT2D eigenvalue weighted by molar-refractivity contribution is -0.147. The Morgan fingerprint density at radius 3 is 2.48 bits per heavy atom. The number of rotatable bonds is 6. The van der Waals surface area contributed by atoms with Crippen molar-refractivity contribution >= 4 is 5.91 Å². The molecule has 0 bridgehead atoms. The molecule has 2 N–H and O–H groups in total. The number of methoxy groups -OCH3 is 1. The molecule has 2 aliphatic rings. The highest BCUT2D eigenvalue weighted by molar-refractivity contribution is 5.85. The third-order valence-corrected chi connectivity index (χ3v) is 5.36. The van der Waals surface area contributed by atoms with Gasteiger partial charge in [0.15, 0.2) is 0 Å². The number of piperidine rings is 1. The zero-order chi connectivity index (χ0) is 15.1. The van der Waals surface area contributed by atoms with Crippen LogP contribution in [0.3, 0.4) is 0 Å². The number of ether oxygens (including phenoxy) is 1. The van der Waals surface area contributed by atoms with Crippen molar-refractivity contribution in [3.8, 4) is 0 Å². The van der Waals surface area contributed by atoms with Gasteiger partial charge in [0.25, 0.3) is 5.91 Å². The predicted molar refractivity (Wildman–Crippen MR) is 85.3 cm³/mol. The summed E-state index contributed by atoms with van der Waals surface area (Å²) in [6.45, 7) is 3.99. The number of amides is 1. The molecule has 0 aromatic carbocycles. The van der Waals surface area contributed by atoms with E-state index in [2.05, 4.69) is 17.6 Å². The van der Waals surface area contributed by atoms with Crippen molar-refractivity contribution in [2.45, 2.75) is 76.4 Å². The smallest absolute Gasteiger partial charge is 0.252 e. The number of carbonyl (C=O) groups excluding carboxylic acids is 1. The fraction of sp³-hybridized carbons (Fsp3) is 0.941. The molecule has 1 aliphatic carbocycles. The third-order valence-electron chi connectivity index (χ3n) is 5.36. The summed E-state index contributed by atoms with van der Waals surface area (Å²) in [6, 6.07) is 0.359. The van der Waals surface area contributed by atoms with Crippen LogP contribution in [0.4, 0.5) is 0 Å². The van der Waals surface area contributed by atoms with Crippen LogP contribution < -0.4 is 10.6 Å². The van der Waals surface area contributed by atoms with Gasteiger partial charge in [-0.15, -0.1) is 0 Å². The number of hydrogen-bond acceptors (Lipinski definition) is 3. The highest BCUT2D eigenvalue weighted by atomic mass is 16.5. The van der Waals surface area contributed by atoms with Gasteiger partial charge in [-0.1, -0.05) is 26.2 Å². The van der Waals surface area contributed by atoms with Crippen molar-refractivity contribution in [2.75, 3.05) is 20.2 Å². The van der Waals surface area contributed by atoms with Gasteiger partial charge >= 0.3 is 0 Å². The largest absolute Gasteiger partial charge is 0.368 e. The first-order valence-corrected chi connectivity index (χ1v) is 8.77. The topological polar surface area (TPSA) is 50.4 Å². The van der Waals surface area contributed by atoms with E-state index >= 15 is 0 Å². The van der Waals surface area contributed by atoms with Crippen molar-refractivity contribution in [1.82, 2.24) is 10.6 Å². The molecule has 0 aromatic heterocycles. The Kier molecular flexibility index (Phi) is 6.49. The Balaban J connectivity index is 1.78. The Morgan fingerprint density at radius 2 is 1.90 bits per heavy atom. The van der Waals surface area contributed by atoms with Gasteiger partial charge in [0, 0.05) is 13.2 Å². The minimum absolute atomic E-state index is 0.114. The van der Waals surface area contributed by atoms with E-state index in [0.29, 0.717) is 6.04 Å². The molecule has 2 fully saturated rings. The average molecular weight is 296 g/mol. The zero-order valence-electron chi connectivity index (χ0n) is 13.7.